The molecular formula is C18H15F2N5. The molecule has 0 fully saturated rings. The molecule has 1 aliphatic rings. The first-order valence-electron chi connectivity index (χ1n) is 7.91. The van der Waals surface area contributed by atoms with E-state index in [0.29, 0.717) is 5.82 Å². The molecule has 25 heavy (non-hydrogen) atoms. The molecule has 0 aliphatic carbocycles. The van der Waals surface area contributed by atoms with Crippen molar-refractivity contribution in [2.24, 2.45) is 0 Å². The molecule has 1 N–H and O–H groups in total. The number of nitrogens with zero attached hydrogens (tertiary/aromatic N) is 4. The van der Waals surface area contributed by atoms with E-state index in [1.165, 1.54) is 23.8 Å². The van der Waals surface area contributed by atoms with E-state index in [9.17, 15) is 8.78 Å². The predicted octanol–water partition coefficient (Wildman–Crippen LogP) is 3.98. The lowest BCUT2D eigenvalue weighted by atomic mass is 10.1. The molecule has 1 aromatic heterocycles. The molecule has 0 bridgehead atoms. The monoisotopic (exact) mass is 339 g/mol. The summed E-state index contributed by atoms with van der Waals surface area (Å²) in [4.78, 5) is 6.44. The van der Waals surface area contributed by atoms with E-state index in [1.54, 1.807) is 6.20 Å². The van der Waals surface area contributed by atoms with E-state index in [0.717, 1.165) is 12.1 Å². The Morgan fingerprint density at radius 2 is 1.84 bits per heavy atom. The SMILES string of the molecule is CC1Cc2ccccc2N1c1cnnc(Nc2c(F)cccc2F)n1. The Morgan fingerprint density at radius 3 is 2.64 bits per heavy atom. The minimum Gasteiger partial charge on any atom is -0.322 e. The highest BCUT2D eigenvalue weighted by Crippen LogP contribution is 2.37. The van der Waals surface area contributed by atoms with Crippen LogP contribution in [-0.2, 0) is 6.42 Å². The summed E-state index contributed by atoms with van der Waals surface area (Å²) >= 11 is 0. The second-order valence-corrected chi connectivity index (χ2v) is 5.91. The molecule has 0 saturated heterocycles. The minimum absolute atomic E-state index is 0.0399. The summed E-state index contributed by atoms with van der Waals surface area (Å²) in [6.07, 6.45) is 2.44. The third kappa shape index (κ3) is 2.77. The Hall–Kier alpha value is -3.09. The van der Waals surface area contributed by atoms with Gasteiger partial charge in [0, 0.05) is 11.7 Å². The van der Waals surface area contributed by atoms with Gasteiger partial charge in [-0.1, -0.05) is 24.3 Å². The lowest BCUT2D eigenvalue weighted by Crippen LogP contribution is -2.25. The fourth-order valence-corrected chi connectivity index (χ4v) is 3.11. The number of aromatic nitrogens is 3. The minimum atomic E-state index is -0.714. The maximum Gasteiger partial charge on any atom is 0.249 e. The van der Waals surface area contributed by atoms with Gasteiger partial charge in [0.15, 0.2) is 5.82 Å². The third-order valence-corrected chi connectivity index (χ3v) is 4.20. The van der Waals surface area contributed by atoms with Crippen molar-refractivity contribution in [3.63, 3.8) is 0 Å². The fourth-order valence-electron chi connectivity index (χ4n) is 3.11. The molecule has 3 aromatic rings. The summed E-state index contributed by atoms with van der Waals surface area (Å²) in [5, 5.41) is 10.3. The Labute approximate surface area is 143 Å². The highest BCUT2D eigenvalue weighted by atomic mass is 19.1. The third-order valence-electron chi connectivity index (χ3n) is 4.20. The molecular weight excluding hydrogens is 324 g/mol. The average Bonchev–Trinajstić information content (AvgIpc) is 2.94. The van der Waals surface area contributed by atoms with Crippen molar-refractivity contribution in [1.29, 1.82) is 0 Å². The molecule has 2 heterocycles. The maximum atomic E-state index is 13.8. The number of hydrogen-bond acceptors (Lipinski definition) is 5. The number of para-hydroxylation sites is 2. The van der Waals surface area contributed by atoms with Crippen LogP contribution in [0.1, 0.15) is 12.5 Å². The van der Waals surface area contributed by atoms with Gasteiger partial charge in [-0.2, -0.15) is 10.1 Å². The molecule has 0 saturated carbocycles. The van der Waals surface area contributed by atoms with Gasteiger partial charge >= 0.3 is 0 Å². The normalized spacial score (nSPS) is 16.0. The molecule has 0 spiro atoms. The van der Waals surface area contributed by atoms with Crippen LogP contribution >= 0.6 is 0 Å². The molecule has 1 atom stereocenters. The molecule has 0 radical (unpaired) electrons. The van der Waals surface area contributed by atoms with Crippen LogP contribution in [0.2, 0.25) is 0 Å². The summed E-state index contributed by atoms with van der Waals surface area (Å²) in [6.45, 7) is 2.09. The number of rotatable bonds is 3. The Kier molecular flexibility index (Phi) is 3.76. The maximum absolute atomic E-state index is 13.8. The van der Waals surface area contributed by atoms with Gasteiger partial charge in [-0.3, -0.25) is 0 Å². The molecule has 5 nitrogen and oxygen atoms in total. The van der Waals surface area contributed by atoms with Gasteiger partial charge in [-0.15, -0.1) is 5.10 Å². The standard InChI is InChI=1S/C18H15F2N5/c1-11-9-12-5-2-3-8-15(12)25(11)16-10-21-24-18(22-16)23-17-13(19)6-4-7-14(17)20/h2-8,10-11H,9H2,1H3,(H,22,23,24). The quantitative estimate of drug-likeness (QED) is 0.782. The van der Waals surface area contributed by atoms with Gasteiger partial charge < -0.3 is 10.2 Å². The van der Waals surface area contributed by atoms with Crippen molar-refractivity contribution in [1.82, 2.24) is 15.2 Å². The Morgan fingerprint density at radius 1 is 1.08 bits per heavy atom. The van der Waals surface area contributed by atoms with Crippen molar-refractivity contribution >= 4 is 23.1 Å². The van der Waals surface area contributed by atoms with Crippen molar-refractivity contribution in [3.8, 4) is 0 Å². The molecule has 4 rings (SSSR count). The zero-order valence-electron chi connectivity index (χ0n) is 13.4. The van der Waals surface area contributed by atoms with Crippen molar-refractivity contribution in [2.45, 2.75) is 19.4 Å². The first kappa shape index (κ1) is 15.4. The lowest BCUT2D eigenvalue weighted by molar-refractivity contribution is 0.590. The summed E-state index contributed by atoms with van der Waals surface area (Å²) in [6, 6.07) is 11.9. The summed E-state index contributed by atoms with van der Waals surface area (Å²) in [5.41, 5.74) is 1.98. The highest BCUT2D eigenvalue weighted by Gasteiger charge is 2.28. The van der Waals surface area contributed by atoms with Gasteiger partial charge in [-0.25, -0.2) is 8.78 Å². The topological polar surface area (TPSA) is 53.9 Å². The Balaban J connectivity index is 1.69. The smallest absolute Gasteiger partial charge is 0.249 e. The lowest BCUT2D eigenvalue weighted by Gasteiger charge is -2.23. The van der Waals surface area contributed by atoms with Gasteiger partial charge in [0.25, 0.3) is 0 Å². The largest absolute Gasteiger partial charge is 0.322 e. The summed E-state index contributed by atoms with van der Waals surface area (Å²) < 4.78 is 27.6. The van der Waals surface area contributed by atoms with E-state index < -0.39 is 11.6 Å². The van der Waals surface area contributed by atoms with E-state index in [2.05, 4.69) is 33.5 Å². The van der Waals surface area contributed by atoms with Crippen LogP contribution in [0.3, 0.4) is 0 Å². The van der Waals surface area contributed by atoms with Gasteiger partial charge in [0.1, 0.15) is 17.3 Å². The van der Waals surface area contributed by atoms with E-state index in [4.69, 9.17) is 0 Å². The van der Waals surface area contributed by atoms with Crippen molar-refractivity contribution in [2.75, 3.05) is 10.2 Å². The van der Waals surface area contributed by atoms with Crippen LogP contribution in [0.5, 0.6) is 0 Å². The summed E-state index contributed by atoms with van der Waals surface area (Å²) in [5.74, 6) is -0.812. The van der Waals surface area contributed by atoms with Crippen molar-refractivity contribution in [3.05, 3.63) is 65.9 Å². The van der Waals surface area contributed by atoms with Crippen LogP contribution in [0, 0.1) is 11.6 Å². The average molecular weight is 339 g/mol. The predicted molar refractivity (Wildman–Crippen MR) is 91.2 cm³/mol. The van der Waals surface area contributed by atoms with Crippen molar-refractivity contribution < 1.29 is 8.78 Å². The number of fused-ring (bicyclic) bond motifs is 1. The molecule has 0 amide bonds. The molecule has 2 aromatic carbocycles. The summed E-state index contributed by atoms with van der Waals surface area (Å²) in [7, 11) is 0. The first-order valence-corrected chi connectivity index (χ1v) is 7.91. The molecule has 126 valence electrons. The second-order valence-electron chi connectivity index (χ2n) is 5.91. The first-order chi connectivity index (χ1) is 12.1. The number of hydrogen-bond donors (Lipinski definition) is 1. The van der Waals surface area contributed by atoms with E-state index >= 15 is 0 Å². The Bertz CT molecular complexity index is 911. The van der Waals surface area contributed by atoms with Crippen LogP contribution in [0.15, 0.2) is 48.7 Å². The number of nitrogens with one attached hydrogen (secondary N) is 1. The number of benzene rings is 2. The molecule has 1 aliphatic heterocycles. The van der Waals surface area contributed by atoms with Gasteiger partial charge in [0.2, 0.25) is 5.95 Å². The highest BCUT2D eigenvalue weighted by molar-refractivity contribution is 5.69. The van der Waals surface area contributed by atoms with Crippen LogP contribution < -0.4 is 10.2 Å². The van der Waals surface area contributed by atoms with Gasteiger partial charge in [0.05, 0.1) is 6.20 Å². The van der Waals surface area contributed by atoms with Crippen LogP contribution in [0.25, 0.3) is 0 Å². The van der Waals surface area contributed by atoms with E-state index in [1.807, 2.05) is 23.1 Å². The molecule has 1 unspecified atom stereocenters. The fraction of sp³-hybridized carbons (Fsp3) is 0.167. The van der Waals surface area contributed by atoms with Gasteiger partial charge in [-0.05, 0) is 37.1 Å². The van der Waals surface area contributed by atoms with Crippen LogP contribution in [0.4, 0.5) is 31.9 Å². The van der Waals surface area contributed by atoms with E-state index in [-0.39, 0.29) is 17.7 Å². The zero-order chi connectivity index (χ0) is 17.4. The van der Waals surface area contributed by atoms with Crippen LogP contribution in [-0.4, -0.2) is 21.2 Å². The zero-order valence-corrected chi connectivity index (χ0v) is 13.4. The second kappa shape index (κ2) is 6.08. The number of anilines is 4. The number of halogens is 2. The molecule has 7 heteroatoms.